The number of carboxylic acids is 1. The van der Waals surface area contributed by atoms with Crippen LogP contribution in [0.4, 0.5) is 9.18 Å². The Hall–Kier alpha value is -4.13. The number of aryl methyl sites for hydroxylation is 1. The second kappa shape index (κ2) is 12.7. The number of hydrogen-bond donors (Lipinski definition) is 2. The highest BCUT2D eigenvalue weighted by molar-refractivity contribution is 5.96. The van der Waals surface area contributed by atoms with Gasteiger partial charge < -0.3 is 24.9 Å². The topological polar surface area (TPSA) is 151 Å². The Morgan fingerprint density at radius 3 is 2.49 bits per heavy atom. The first-order valence-electron chi connectivity index (χ1n) is 11.7. The summed E-state index contributed by atoms with van der Waals surface area (Å²) in [6, 6.07) is 6.11. The molecule has 0 aliphatic carbocycles. The number of amides is 2. The maximum absolute atomic E-state index is 14.2. The van der Waals surface area contributed by atoms with E-state index < -0.39 is 35.8 Å². The molecule has 1 fully saturated rings. The largest absolute Gasteiger partial charge is 0.527 e. The predicted octanol–water partition coefficient (Wildman–Crippen LogP) is 1.79. The highest BCUT2D eigenvalue weighted by Crippen LogP contribution is 2.20. The molecule has 3 rings (SSSR count). The quantitative estimate of drug-likeness (QED) is 0.471. The molecular formula is C24H28FN5O7. The molecule has 1 aromatic carbocycles. The van der Waals surface area contributed by atoms with Crippen LogP contribution in [0.2, 0.25) is 0 Å². The molecule has 1 aromatic heterocycles. The van der Waals surface area contributed by atoms with Crippen molar-refractivity contribution >= 4 is 23.9 Å². The van der Waals surface area contributed by atoms with Gasteiger partial charge in [-0.05, 0) is 38.5 Å². The van der Waals surface area contributed by atoms with Gasteiger partial charge in [-0.1, -0.05) is 12.1 Å². The van der Waals surface area contributed by atoms with E-state index in [4.69, 9.17) is 14.7 Å². The van der Waals surface area contributed by atoms with E-state index in [1.54, 1.807) is 19.9 Å². The molecule has 1 aliphatic rings. The first-order valence-corrected chi connectivity index (χ1v) is 11.7. The zero-order valence-corrected chi connectivity index (χ0v) is 20.5. The first-order chi connectivity index (χ1) is 17.7. The summed E-state index contributed by atoms with van der Waals surface area (Å²) in [5.41, 5.74) is 0.428. The van der Waals surface area contributed by atoms with Crippen LogP contribution in [0.1, 0.15) is 35.9 Å². The summed E-state index contributed by atoms with van der Waals surface area (Å²) in [6.07, 6.45) is -1.35. The van der Waals surface area contributed by atoms with Crippen molar-refractivity contribution in [2.24, 2.45) is 0 Å². The Balaban J connectivity index is 1.72. The van der Waals surface area contributed by atoms with Crippen molar-refractivity contribution in [2.45, 2.75) is 32.7 Å². The standard InChI is InChI=1S/C24H28FN5O7/c1-3-36-24(35)37-30-12-10-29(11-13-30)23(34)18(8-9-20(31)32)28-22(33)19-14-15(2)26-21(27-19)16-6-4-5-7-17(16)25/h4-7,14,18H,3,8-13H2,1-2H3,(H,28,33)(H,31,32)/t18-/m0/s1. The number of nitrogens with one attached hydrogen (secondary N) is 1. The van der Waals surface area contributed by atoms with Crippen LogP contribution in [-0.4, -0.2) is 87.8 Å². The summed E-state index contributed by atoms with van der Waals surface area (Å²) in [5, 5.41) is 13.1. The Kier molecular flexibility index (Phi) is 9.44. The van der Waals surface area contributed by atoms with Crippen LogP contribution >= 0.6 is 0 Å². The normalized spacial score (nSPS) is 14.5. The number of nitrogens with zero attached hydrogens (tertiary/aromatic N) is 4. The number of rotatable bonds is 9. The van der Waals surface area contributed by atoms with E-state index in [1.807, 2.05) is 0 Å². The number of benzene rings is 1. The number of ether oxygens (including phenoxy) is 1. The highest BCUT2D eigenvalue weighted by atomic mass is 19.1. The van der Waals surface area contributed by atoms with Gasteiger partial charge in [0.05, 0.1) is 25.3 Å². The third-order valence-electron chi connectivity index (χ3n) is 5.47. The molecular weight excluding hydrogens is 489 g/mol. The van der Waals surface area contributed by atoms with Gasteiger partial charge in [0.15, 0.2) is 5.82 Å². The lowest BCUT2D eigenvalue weighted by molar-refractivity contribution is -0.157. The number of halogens is 1. The van der Waals surface area contributed by atoms with E-state index in [-0.39, 0.29) is 62.7 Å². The molecule has 13 heteroatoms. The Labute approximate surface area is 212 Å². The minimum Gasteiger partial charge on any atom is -0.481 e. The minimum atomic E-state index is -1.15. The fourth-order valence-electron chi connectivity index (χ4n) is 3.68. The lowest BCUT2D eigenvalue weighted by Crippen LogP contribution is -2.55. The molecule has 37 heavy (non-hydrogen) atoms. The number of piperazine rings is 1. The van der Waals surface area contributed by atoms with Crippen LogP contribution in [0.3, 0.4) is 0 Å². The van der Waals surface area contributed by atoms with Crippen LogP contribution in [-0.2, 0) is 19.2 Å². The molecule has 2 amide bonds. The summed E-state index contributed by atoms with van der Waals surface area (Å²) >= 11 is 0. The summed E-state index contributed by atoms with van der Waals surface area (Å²) < 4.78 is 19.0. The molecule has 0 spiro atoms. The Bertz CT molecular complexity index is 1150. The van der Waals surface area contributed by atoms with Crippen molar-refractivity contribution in [2.75, 3.05) is 32.8 Å². The van der Waals surface area contributed by atoms with Gasteiger partial charge in [0.25, 0.3) is 5.91 Å². The van der Waals surface area contributed by atoms with E-state index in [0.29, 0.717) is 5.69 Å². The molecule has 0 radical (unpaired) electrons. The van der Waals surface area contributed by atoms with E-state index >= 15 is 0 Å². The average Bonchev–Trinajstić information content (AvgIpc) is 2.86. The second-order valence-electron chi connectivity index (χ2n) is 8.19. The third-order valence-corrected chi connectivity index (χ3v) is 5.47. The smallest absolute Gasteiger partial charge is 0.481 e. The maximum atomic E-state index is 14.2. The van der Waals surface area contributed by atoms with Gasteiger partial charge in [-0.3, -0.25) is 14.4 Å². The summed E-state index contributed by atoms with van der Waals surface area (Å²) in [6.45, 7) is 4.21. The lowest BCUT2D eigenvalue weighted by atomic mass is 10.1. The summed E-state index contributed by atoms with van der Waals surface area (Å²) in [7, 11) is 0. The van der Waals surface area contributed by atoms with Crippen LogP contribution in [0, 0.1) is 12.7 Å². The molecule has 0 bridgehead atoms. The van der Waals surface area contributed by atoms with E-state index in [2.05, 4.69) is 15.3 Å². The molecule has 1 aliphatic heterocycles. The van der Waals surface area contributed by atoms with E-state index in [0.717, 1.165) is 0 Å². The third kappa shape index (κ3) is 7.67. The van der Waals surface area contributed by atoms with Gasteiger partial charge in [0, 0.05) is 25.2 Å². The Morgan fingerprint density at radius 1 is 1.14 bits per heavy atom. The molecule has 0 unspecified atom stereocenters. The van der Waals surface area contributed by atoms with Crippen LogP contribution in [0.15, 0.2) is 30.3 Å². The van der Waals surface area contributed by atoms with E-state index in [9.17, 15) is 23.6 Å². The van der Waals surface area contributed by atoms with Crippen molar-refractivity contribution in [1.29, 1.82) is 0 Å². The zero-order valence-electron chi connectivity index (χ0n) is 20.5. The first kappa shape index (κ1) is 27.5. The number of hydrogen-bond acceptors (Lipinski definition) is 9. The van der Waals surface area contributed by atoms with Gasteiger partial charge in [0.1, 0.15) is 17.6 Å². The number of aliphatic carboxylic acids is 1. The van der Waals surface area contributed by atoms with Crippen molar-refractivity contribution in [3.63, 3.8) is 0 Å². The molecule has 0 saturated carbocycles. The number of aromatic nitrogens is 2. The van der Waals surface area contributed by atoms with Gasteiger partial charge in [0.2, 0.25) is 5.91 Å². The lowest BCUT2D eigenvalue weighted by Gasteiger charge is -2.35. The number of hydroxylamine groups is 2. The van der Waals surface area contributed by atoms with Crippen LogP contribution < -0.4 is 5.32 Å². The maximum Gasteiger partial charge on any atom is 0.527 e. The SMILES string of the molecule is CCOC(=O)ON1CCN(C(=O)[C@H](CCC(=O)O)NC(=O)c2cc(C)nc(-c3ccccc3F)n2)CC1. The number of carboxylic acid groups (broad SMARTS) is 1. The molecule has 2 heterocycles. The zero-order chi connectivity index (χ0) is 26.9. The van der Waals surface area contributed by atoms with Gasteiger partial charge in [-0.25, -0.2) is 19.2 Å². The molecule has 1 saturated heterocycles. The van der Waals surface area contributed by atoms with Crippen LogP contribution in [0.5, 0.6) is 0 Å². The molecule has 12 nitrogen and oxygen atoms in total. The molecule has 2 N–H and O–H groups in total. The fourth-order valence-corrected chi connectivity index (χ4v) is 3.68. The predicted molar refractivity (Wildman–Crippen MR) is 127 cm³/mol. The molecule has 2 aromatic rings. The number of carbonyl (C=O) groups is 4. The Morgan fingerprint density at radius 2 is 1.84 bits per heavy atom. The molecule has 198 valence electrons. The van der Waals surface area contributed by atoms with Crippen molar-refractivity contribution in [3.05, 3.63) is 47.5 Å². The van der Waals surface area contributed by atoms with Crippen molar-refractivity contribution < 1.29 is 38.2 Å². The summed E-state index contributed by atoms with van der Waals surface area (Å²) in [4.78, 5) is 63.8. The van der Waals surface area contributed by atoms with Crippen molar-refractivity contribution in [3.8, 4) is 11.4 Å². The van der Waals surface area contributed by atoms with Gasteiger partial charge >= 0.3 is 12.1 Å². The highest BCUT2D eigenvalue weighted by Gasteiger charge is 2.31. The summed E-state index contributed by atoms with van der Waals surface area (Å²) in [5.74, 6) is -2.88. The number of carbonyl (C=O) groups excluding carboxylic acids is 3. The van der Waals surface area contributed by atoms with Crippen LogP contribution in [0.25, 0.3) is 11.4 Å². The van der Waals surface area contributed by atoms with Crippen molar-refractivity contribution in [1.82, 2.24) is 25.2 Å². The second-order valence-corrected chi connectivity index (χ2v) is 8.19. The molecule has 1 atom stereocenters. The van der Waals surface area contributed by atoms with E-state index in [1.165, 1.54) is 34.2 Å². The monoisotopic (exact) mass is 517 g/mol. The minimum absolute atomic E-state index is 0.00869. The average molecular weight is 518 g/mol. The van der Waals surface area contributed by atoms with Gasteiger partial charge in [-0.2, -0.15) is 0 Å². The van der Waals surface area contributed by atoms with Gasteiger partial charge in [-0.15, -0.1) is 5.06 Å². The fraction of sp³-hybridized carbons (Fsp3) is 0.417.